The summed E-state index contributed by atoms with van der Waals surface area (Å²) in [7, 11) is 0. The molecule has 118 valence electrons. The lowest BCUT2D eigenvalue weighted by molar-refractivity contribution is -0.0331. The minimum Gasteiger partial charge on any atom is -0.363 e. The topological polar surface area (TPSA) is 88.1 Å². The molecule has 2 atom stereocenters. The summed E-state index contributed by atoms with van der Waals surface area (Å²) in [6, 6.07) is 3.94. The number of nitriles is 1. The normalized spacial score (nSPS) is 24.4. The first-order valence-corrected chi connectivity index (χ1v) is 7.82. The molecule has 4 rings (SSSR count). The SMILES string of the molecule is C[C@@H]1CN(c2cnccc2C#N)C[C@H](c2nc(C3CC3)no2)O1. The van der Waals surface area contributed by atoms with Gasteiger partial charge in [-0.1, -0.05) is 5.16 Å². The van der Waals surface area contributed by atoms with Crippen LogP contribution >= 0.6 is 0 Å². The molecule has 0 radical (unpaired) electrons. The number of pyridine rings is 1. The summed E-state index contributed by atoms with van der Waals surface area (Å²) in [5.41, 5.74) is 1.43. The van der Waals surface area contributed by atoms with Crippen molar-refractivity contribution in [2.75, 3.05) is 18.0 Å². The van der Waals surface area contributed by atoms with E-state index in [1.54, 1.807) is 18.5 Å². The van der Waals surface area contributed by atoms with Gasteiger partial charge in [0.25, 0.3) is 5.89 Å². The quantitative estimate of drug-likeness (QED) is 0.858. The van der Waals surface area contributed by atoms with Crippen molar-refractivity contribution in [3.05, 3.63) is 35.7 Å². The third-order valence-corrected chi connectivity index (χ3v) is 4.20. The van der Waals surface area contributed by atoms with Crippen LogP contribution in [-0.2, 0) is 4.74 Å². The highest BCUT2D eigenvalue weighted by molar-refractivity contribution is 5.58. The van der Waals surface area contributed by atoms with Crippen LogP contribution in [0.4, 0.5) is 5.69 Å². The zero-order valence-electron chi connectivity index (χ0n) is 12.8. The fourth-order valence-corrected chi connectivity index (χ4v) is 2.90. The molecule has 0 spiro atoms. The Labute approximate surface area is 133 Å². The molecule has 1 aliphatic heterocycles. The second-order valence-corrected chi connectivity index (χ2v) is 6.11. The zero-order valence-corrected chi connectivity index (χ0v) is 12.8. The predicted octanol–water partition coefficient (Wildman–Crippen LogP) is 2.18. The smallest absolute Gasteiger partial charge is 0.257 e. The average molecular weight is 311 g/mol. The fraction of sp³-hybridized carbons (Fsp3) is 0.500. The number of anilines is 1. The first-order valence-electron chi connectivity index (χ1n) is 7.82. The number of aromatic nitrogens is 3. The van der Waals surface area contributed by atoms with Crippen molar-refractivity contribution in [3.8, 4) is 6.07 Å². The number of morpholine rings is 1. The predicted molar refractivity (Wildman–Crippen MR) is 80.7 cm³/mol. The van der Waals surface area contributed by atoms with E-state index in [4.69, 9.17) is 9.26 Å². The van der Waals surface area contributed by atoms with Gasteiger partial charge >= 0.3 is 0 Å². The van der Waals surface area contributed by atoms with Gasteiger partial charge in [-0.15, -0.1) is 0 Å². The summed E-state index contributed by atoms with van der Waals surface area (Å²) in [5.74, 6) is 1.76. The van der Waals surface area contributed by atoms with Crippen molar-refractivity contribution in [3.63, 3.8) is 0 Å². The minimum atomic E-state index is -0.287. The van der Waals surface area contributed by atoms with Crippen LogP contribution in [0.5, 0.6) is 0 Å². The Morgan fingerprint density at radius 3 is 3.00 bits per heavy atom. The number of rotatable bonds is 3. The lowest BCUT2D eigenvalue weighted by Crippen LogP contribution is -2.43. The summed E-state index contributed by atoms with van der Waals surface area (Å²) in [5, 5.41) is 13.4. The summed E-state index contributed by atoms with van der Waals surface area (Å²) in [6.45, 7) is 3.26. The van der Waals surface area contributed by atoms with Gasteiger partial charge in [-0.05, 0) is 25.8 Å². The van der Waals surface area contributed by atoms with Crippen molar-refractivity contribution in [2.45, 2.75) is 37.9 Å². The Morgan fingerprint density at radius 1 is 1.35 bits per heavy atom. The van der Waals surface area contributed by atoms with Crippen LogP contribution < -0.4 is 4.90 Å². The largest absolute Gasteiger partial charge is 0.363 e. The lowest BCUT2D eigenvalue weighted by Gasteiger charge is -2.36. The molecular formula is C16H17N5O2. The summed E-state index contributed by atoms with van der Waals surface area (Å²) < 4.78 is 11.4. The van der Waals surface area contributed by atoms with Gasteiger partial charge < -0.3 is 14.2 Å². The molecule has 7 heteroatoms. The third kappa shape index (κ3) is 2.78. The molecule has 0 bridgehead atoms. The van der Waals surface area contributed by atoms with E-state index in [0.717, 1.165) is 24.4 Å². The monoisotopic (exact) mass is 311 g/mol. The first kappa shape index (κ1) is 14.2. The van der Waals surface area contributed by atoms with E-state index in [2.05, 4.69) is 26.1 Å². The highest BCUT2D eigenvalue weighted by atomic mass is 16.5. The lowest BCUT2D eigenvalue weighted by atomic mass is 10.1. The van der Waals surface area contributed by atoms with Gasteiger partial charge in [0.2, 0.25) is 0 Å². The fourth-order valence-electron chi connectivity index (χ4n) is 2.90. The summed E-state index contributed by atoms with van der Waals surface area (Å²) in [4.78, 5) is 10.7. The van der Waals surface area contributed by atoms with Crippen LogP contribution in [0.15, 0.2) is 23.0 Å². The highest BCUT2D eigenvalue weighted by Crippen LogP contribution is 2.39. The Bertz CT molecular complexity index is 749. The Hall–Kier alpha value is -2.46. The van der Waals surface area contributed by atoms with E-state index in [0.29, 0.717) is 30.5 Å². The molecule has 7 nitrogen and oxygen atoms in total. The van der Waals surface area contributed by atoms with Crippen LogP contribution in [0.2, 0.25) is 0 Å². The van der Waals surface area contributed by atoms with Gasteiger partial charge in [0.05, 0.1) is 30.1 Å². The molecule has 2 aromatic rings. The van der Waals surface area contributed by atoms with Crippen LogP contribution in [0.3, 0.4) is 0 Å². The molecule has 3 heterocycles. The van der Waals surface area contributed by atoms with Gasteiger partial charge in [0, 0.05) is 18.7 Å². The molecule has 23 heavy (non-hydrogen) atoms. The molecule has 1 saturated heterocycles. The van der Waals surface area contributed by atoms with Crippen LogP contribution in [0.25, 0.3) is 0 Å². The number of nitrogens with zero attached hydrogens (tertiary/aromatic N) is 5. The highest BCUT2D eigenvalue weighted by Gasteiger charge is 2.34. The Balaban J connectivity index is 1.58. The van der Waals surface area contributed by atoms with Crippen molar-refractivity contribution in [1.29, 1.82) is 5.26 Å². The Morgan fingerprint density at radius 2 is 2.22 bits per heavy atom. The molecular weight excluding hydrogens is 294 g/mol. The van der Waals surface area contributed by atoms with Crippen molar-refractivity contribution >= 4 is 5.69 Å². The third-order valence-electron chi connectivity index (χ3n) is 4.20. The molecule has 1 saturated carbocycles. The second-order valence-electron chi connectivity index (χ2n) is 6.11. The summed E-state index contributed by atoms with van der Waals surface area (Å²) in [6.07, 6.45) is 5.32. The maximum absolute atomic E-state index is 9.29. The molecule has 0 amide bonds. The van der Waals surface area contributed by atoms with Crippen molar-refractivity contribution in [2.24, 2.45) is 0 Å². The molecule has 0 unspecified atom stereocenters. The average Bonchev–Trinajstić information content (AvgIpc) is 3.31. The number of ether oxygens (including phenoxy) is 1. The molecule has 1 aliphatic carbocycles. The van der Waals surface area contributed by atoms with E-state index in [1.165, 1.54) is 0 Å². The Kier molecular flexibility index (Phi) is 3.46. The van der Waals surface area contributed by atoms with Crippen LogP contribution in [-0.4, -0.2) is 34.3 Å². The summed E-state index contributed by atoms with van der Waals surface area (Å²) >= 11 is 0. The number of hydrogen-bond donors (Lipinski definition) is 0. The molecule has 0 aromatic carbocycles. The maximum atomic E-state index is 9.29. The standard InChI is InChI=1S/C16H17N5O2/c1-10-8-21(13-7-18-5-4-12(13)6-17)9-14(22-10)16-19-15(20-23-16)11-2-3-11/h4-5,7,10-11,14H,2-3,8-9H2,1H3/t10-,14-/m1/s1. The molecule has 2 aromatic heterocycles. The van der Waals surface area contributed by atoms with Gasteiger partial charge in [-0.2, -0.15) is 10.2 Å². The van der Waals surface area contributed by atoms with E-state index >= 15 is 0 Å². The van der Waals surface area contributed by atoms with E-state index < -0.39 is 0 Å². The van der Waals surface area contributed by atoms with E-state index in [9.17, 15) is 5.26 Å². The van der Waals surface area contributed by atoms with Gasteiger partial charge in [-0.3, -0.25) is 4.98 Å². The van der Waals surface area contributed by atoms with Crippen molar-refractivity contribution in [1.82, 2.24) is 15.1 Å². The molecule has 2 aliphatic rings. The zero-order chi connectivity index (χ0) is 15.8. The van der Waals surface area contributed by atoms with E-state index in [-0.39, 0.29) is 12.2 Å². The maximum Gasteiger partial charge on any atom is 0.257 e. The van der Waals surface area contributed by atoms with E-state index in [1.807, 2.05) is 6.92 Å². The van der Waals surface area contributed by atoms with Crippen molar-refractivity contribution < 1.29 is 9.26 Å². The van der Waals surface area contributed by atoms with Gasteiger partial charge in [0.1, 0.15) is 6.07 Å². The van der Waals surface area contributed by atoms with Crippen LogP contribution in [0, 0.1) is 11.3 Å². The first-order chi connectivity index (χ1) is 11.2. The molecule has 0 N–H and O–H groups in total. The van der Waals surface area contributed by atoms with Crippen LogP contribution in [0.1, 0.15) is 49.1 Å². The van der Waals surface area contributed by atoms with Gasteiger partial charge in [0.15, 0.2) is 11.9 Å². The molecule has 2 fully saturated rings. The second kappa shape index (κ2) is 5.63. The van der Waals surface area contributed by atoms with Gasteiger partial charge in [-0.25, -0.2) is 0 Å². The number of hydrogen-bond acceptors (Lipinski definition) is 7. The minimum absolute atomic E-state index is 0.00299.